The number of fused-ring (bicyclic) bond motifs is 4. The number of aryl methyl sites for hydroxylation is 3. The van der Waals surface area contributed by atoms with Gasteiger partial charge in [-0.15, -0.1) is 26.6 Å². The van der Waals surface area contributed by atoms with E-state index in [2.05, 4.69) is 50.3 Å². The molecule has 18 nitrogen and oxygen atoms in total. The molecule has 0 aliphatic carbocycles. The second-order valence-electron chi connectivity index (χ2n) is 14.8. The number of unbranched alkanes of at least 4 members (excludes halogenated alkanes) is 1. The molecule has 61 heavy (non-hydrogen) atoms. The summed E-state index contributed by atoms with van der Waals surface area (Å²) in [6.45, 7) is 6.66. The first-order valence-corrected chi connectivity index (χ1v) is 20.8. The van der Waals surface area contributed by atoms with Gasteiger partial charge in [0.25, 0.3) is 17.7 Å². The van der Waals surface area contributed by atoms with Gasteiger partial charge in [0.2, 0.25) is 17.7 Å². The standard InChI is InChI=1S/C41H40ClN11O7S/c1-21-22(2)61-41-34(21)36(24-9-11-25(42)12-10-24)45-28(37-49-47-23(3)52(37)41)17-32(55)44-18-26-19-51(50-48-26)16-5-4-15-43-33(56)20-60-30-8-6-7-27-35(30)40(59)53(39(27)58)29-13-14-31(54)46-38(29)57/h6-12,19,28-29H,4-5,13-18,20H2,1-3H3,(H,43,56)(H,44,55)(H,46,54,57)/t28-,29?/m0/s1. The van der Waals surface area contributed by atoms with Gasteiger partial charge in [0, 0.05) is 40.5 Å². The van der Waals surface area contributed by atoms with Gasteiger partial charge >= 0.3 is 0 Å². The smallest absolute Gasteiger partial charge is 0.266 e. The third kappa shape index (κ3) is 8.30. The van der Waals surface area contributed by atoms with Crippen LogP contribution < -0.4 is 20.7 Å². The molecular weight excluding hydrogens is 826 g/mol. The van der Waals surface area contributed by atoms with Gasteiger partial charge in [-0.25, -0.2) is 0 Å². The molecule has 3 aromatic heterocycles. The zero-order chi connectivity index (χ0) is 42.9. The zero-order valence-electron chi connectivity index (χ0n) is 33.4. The molecular formula is C41H40ClN11O7S. The lowest BCUT2D eigenvalue weighted by molar-refractivity contribution is -0.136. The minimum atomic E-state index is -1.11. The largest absolute Gasteiger partial charge is 0.483 e. The van der Waals surface area contributed by atoms with E-state index >= 15 is 0 Å². The Labute approximate surface area is 357 Å². The number of piperidine rings is 1. The van der Waals surface area contributed by atoms with Gasteiger partial charge in [0.1, 0.15) is 34.4 Å². The van der Waals surface area contributed by atoms with Crippen LogP contribution in [0.3, 0.4) is 0 Å². The highest BCUT2D eigenvalue weighted by Gasteiger charge is 2.46. The minimum Gasteiger partial charge on any atom is -0.483 e. The topological polar surface area (TPSA) is 225 Å². The van der Waals surface area contributed by atoms with Gasteiger partial charge in [-0.1, -0.05) is 35.0 Å². The van der Waals surface area contributed by atoms with Gasteiger partial charge in [-0.3, -0.25) is 53.2 Å². The van der Waals surface area contributed by atoms with Crippen LogP contribution in [0.2, 0.25) is 5.02 Å². The Hall–Kier alpha value is -6.60. The molecule has 3 N–H and O–H groups in total. The predicted octanol–water partition coefficient (Wildman–Crippen LogP) is 3.47. The van der Waals surface area contributed by atoms with Crippen molar-refractivity contribution < 1.29 is 33.5 Å². The number of halogens is 1. The molecule has 3 aliphatic heterocycles. The Morgan fingerprint density at radius 3 is 2.54 bits per heavy atom. The molecule has 8 rings (SSSR count). The second kappa shape index (κ2) is 17.2. The first kappa shape index (κ1) is 41.1. The molecule has 2 atom stereocenters. The summed E-state index contributed by atoms with van der Waals surface area (Å²) in [5, 5.41) is 26.7. The van der Waals surface area contributed by atoms with Crippen LogP contribution in [0.1, 0.15) is 97.8 Å². The highest BCUT2D eigenvalue weighted by atomic mass is 35.5. The molecule has 3 aliphatic rings. The van der Waals surface area contributed by atoms with Gasteiger partial charge in [0.15, 0.2) is 12.4 Å². The predicted molar refractivity (Wildman–Crippen MR) is 221 cm³/mol. The number of nitrogens with zero attached hydrogens (tertiary/aromatic N) is 8. The third-order valence-corrected chi connectivity index (χ3v) is 12.2. The summed E-state index contributed by atoms with van der Waals surface area (Å²) >= 11 is 7.87. The lowest BCUT2D eigenvalue weighted by Gasteiger charge is -2.27. The number of amides is 6. The van der Waals surface area contributed by atoms with Crippen LogP contribution in [0, 0.1) is 20.8 Å². The SMILES string of the molecule is Cc1sc2c(c1C)C(c1ccc(Cl)cc1)=N[C@@H](CC(=O)NCc1cn(CCCCNC(=O)COc3cccc4c3C(=O)N(C3CCC(=O)NC3=O)C4=O)nn1)c1nnc(C)n1-2. The van der Waals surface area contributed by atoms with Crippen LogP contribution in [-0.4, -0.2) is 95.0 Å². The Morgan fingerprint density at radius 2 is 1.75 bits per heavy atom. The zero-order valence-corrected chi connectivity index (χ0v) is 34.9. The maximum atomic E-state index is 13.4. The summed E-state index contributed by atoms with van der Waals surface area (Å²) in [4.78, 5) is 83.5. The molecule has 1 saturated heterocycles. The molecule has 6 amide bonds. The Kier molecular flexibility index (Phi) is 11.6. The van der Waals surface area contributed by atoms with Crippen LogP contribution >= 0.6 is 22.9 Å². The summed E-state index contributed by atoms with van der Waals surface area (Å²) < 4.78 is 9.32. The second-order valence-corrected chi connectivity index (χ2v) is 16.5. The van der Waals surface area contributed by atoms with E-state index < -0.39 is 48.2 Å². The number of benzene rings is 2. The van der Waals surface area contributed by atoms with Crippen LogP contribution in [0.25, 0.3) is 5.00 Å². The van der Waals surface area contributed by atoms with Crippen molar-refractivity contribution >= 4 is 64.1 Å². The van der Waals surface area contributed by atoms with Crippen molar-refractivity contribution in [3.63, 3.8) is 0 Å². The number of rotatable bonds is 14. The van der Waals surface area contributed by atoms with E-state index in [1.165, 1.54) is 18.2 Å². The fraction of sp³-hybridized carbons (Fsp3) is 0.341. The number of carbonyl (C=O) groups is 6. The third-order valence-electron chi connectivity index (χ3n) is 10.7. The van der Waals surface area contributed by atoms with E-state index in [0.29, 0.717) is 48.3 Å². The van der Waals surface area contributed by atoms with Crippen molar-refractivity contribution in [2.75, 3.05) is 13.2 Å². The Morgan fingerprint density at radius 1 is 0.951 bits per heavy atom. The van der Waals surface area contributed by atoms with Crippen LogP contribution in [0.5, 0.6) is 5.75 Å². The molecule has 1 fully saturated rings. The molecule has 20 heteroatoms. The number of carbonyl (C=O) groups excluding carboxylic acids is 6. The van der Waals surface area contributed by atoms with Crippen molar-refractivity contribution in [3.05, 3.63) is 104 Å². The lowest BCUT2D eigenvalue weighted by atomic mass is 9.99. The van der Waals surface area contributed by atoms with Crippen molar-refractivity contribution in [3.8, 4) is 10.8 Å². The van der Waals surface area contributed by atoms with E-state index in [9.17, 15) is 28.8 Å². The quantitative estimate of drug-likeness (QED) is 0.108. The number of hydrogen-bond donors (Lipinski definition) is 3. The lowest BCUT2D eigenvalue weighted by Crippen LogP contribution is -2.54. The molecule has 6 heterocycles. The summed E-state index contributed by atoms with van der Waals surface area (Å²) in [5.41, 5.74) is 4.34. The number of aliphatic imine (C=N–C) groups is 1. The highest BCUT2D eigenvalue weighted by molar-refractivity contribution is 7.15. The maximum Gasteiger partial charge on any atom is 0.266 e. The van der Waals surface area contributed by atoms with Crippen molar-refractivity contribution in [1.29, 1.82) is 0 Å². The van der Waals surface area contributed by atoms with Crippen molar-refractivity contribution in [1.82, 2.24) is 50.6 Å². The number of aromatic nitrogens is 6. The van der Waals surface area contributed by atoms with Crippen LogP contribution in [0.4, 0.5) is 0 Å². The molecule has 0 spiro atoms. The number of ether oxygens (including phenoxy) is 1. The molecule has 1 unspecified atom stereocenters. The first-order valence-electron chi connectivity index (χ1n) is 19.6. The fourth-order valence-corrected chi connectivity index (χ4v) is 8.86. The molecule has 0 radical (unpaired) electrons. The van der Waals surface area contributed by atoms with E-state index in [-0.39, 0.29) is 48.6 Å². The van der Waals surface area contributed by atoms with Gasteiger partial charge in [-0.05, 0) is 69.9 Å². The molecule has 5 aromatic rings. The van der Waals surface area contributed by atoms with E-state index in [4.69, 9.17) is 21.3 Å². The van der Waals surface area contributed by atoms with Crippen molar-refractivity contribution in [2.45, 2.75) is 78.0 Å². The number of nitrogens with one attached hydrogen (secondary N) is 3. The summed E-state index contributed by atoms with van der Waals surface area (Å²) in [5.74, 6) is -1.90. The number of imide groups is 2. The molecule has 0 bridgehead atoms. The molecule has 314 valence electrons. The van der Waals surface area contributed by atoms with E-state index in [1.54, 1.807) is 22.2 Å². The maximum absolute atomic E-state index is 13.4. The van der Waals surface area contributed by atoms with Gasteiger partial charge in [-0.2, -0.15) is 0 Å². The highest BCUT2D eigenvalue weighted by Crippen LogP contribution is 2.40. The normalized spacial score (nSPS) is 17.0. The average Bonchev–Trinajstić information content (AvgIpc) is 3.97. The summed E-state index contributed by atoms with van der Waals surface area (Å²) in [7, 11) is 0. The monoisotopic (exact) mass is 865 g/mol. The Bertz CT molecular complexity index is 2630. The fourth-order valence-electron chi connectivity index (χ4n) is 7.52. The summed E-state index contributed by atoms with van der Waals surface area (Å²) in [6, 6.07) is 10.2. The summed E-state index contributed by atoms with van der Waals surface area (Å²) in [6.07, 6.45) is 3.09. The van der Waals surface area contributed by atoms with E-state index in [1.807, 2.05) is 35.8 Å². The number of hydrogen-bond acceptors (Lipinski definition) is 13. The minimum absolute atomic E-state index is 0.00288. The van der Waals surface area contributed by atoms with Crippen LogP contribution in [0.15, 0.2) is 53.7 Å². The van der Waals surface area contributed by atoms with Crippen molar-refractivity contribution in [2.24, 2.45) is 4.99 Å². The average molecular weight is 866 g/mol. The van der Waals surface area contributed by atoms with Crippen LogP contribution in [-0.2, 0) is 32.3 Å². The van der Waals surface area contributed by atoms with Gasteiger partial charge < -0.3 is 15.4 Å². The van der Waals surface area contributed by atoms with E-state index in [0.717, 1.165) is 37.2 Å². The molecule has 2 aromatic carbocycles. The number of thiophene rings is 1. The Balaban J connectivity index is 0.803. The van der Waals surface area contributed by atoms with Gasteiger partial charge in [0.05, 0.1) is 36.0 Å². The molecule has 0 saturated carbocycles. The first-order chi connectivity index (χ1) is 29.4.